The molecule has 0 saturated heterocycles. The first kappa shape index (κ1) is 19.9. The summed E-state index contributed by atoms with van der Waals surface area (Å²) in [5.74, 6) is -0.466. The van der Waals surface area contributed by atoms with Gasteiger partial charge in [0.05, 0.1) is 5.69 Å². The highest BCUT2D eigenvalue weighted by atomic mass is 79.9. The van der Waals surface area contributed by atoms with Gasteiger partial charge in [-0.05, 0) is 42.3 Å². The van der Waals surface area contributed by atoms with Crippen molar-refractivity contribution in [1.29, 1.82) is 0 Å². The third-order valence-corrected chi connectivity index (χ3v) is 6.13. The number of nitrogens with zero attached hydrogens (tertiary/aromatic N) is 3. The Labute approximate surface area is 170 Å². The third kappa shape index (κ3) is 3.38. The second-order valence-electron chi connectivity index (χ2n) is 6.96. The summed E-state index contributed by atoms with van der Waals surface area (Å²) in [5.41, 5.74) is 1.46. The van der Waals surface area contributed by atoms with Gasteiger partial charge in [-0.3, -0.25) is 14.4 Å². The van der Waals surface area contributed by atoms with Crippen LogP contribution in [0.5, 0.6) is 0 Å². The van der Waals surface area contributed by atoms with Crippen LogP contribution < -0.4 is 10.2 Å². The molecule has 9 heteroatoms. The average Bonchev–Trinajstić information content (AvgIpc) is 3.04. The minimum atomic E-state index is -1.33. The van der Waals surface area contributed by atoms with Crippen LogP contribution in [0, 0.1) is 5.92 Å². The summed E-state index contributed by atoms with van der Waals surface area (Å²) in [6.45, 7) is 7.48. The van der Waals surface area contributed by atoms with Crippen LogP contribution in [-0.4, -0.2) is 34.4 Å². The summed E-state index contributed by atoms with van der Waals surface area (Å²) >= 11 is 4.55. The molecule has 0 unspecified atom stereocenters. The Balaban J connectivity index is 2.11. The zero-order valence-corrected chi connectivity index (χ0v) is 18.0. The molecule has 27 heavy (non-hydrogen) atoms. The van der Waals surface area contributed by atoms with Gasteiger partial charge in [-0.15, -0.1) is 5.10 Å². The lowest BCUT2D eigenvalue weighted by Crippen LogP contribution is -2.48. The third-order valence-electron chi connectivity index (χ3n) is 4.39. The van der Waals surface area contributed by atoms with Gasteiger partial charge in [-0.2, -0.15) is 5.01 Å². The maximum absolute atomic E-state index is 13.6. The summed E-state index contributed by atoms with van der Waals surface area (Å²) in [6.07, 6.45) is 0.835. The number of carbonyl (C=O) groups excluding carboxylic acids is 3. The van der Waals surface area contributed by atoms with E-state index in [1.54, 1.807) is 4.90 Å². The predicted octanol–water partition coefficient (Wildman–Crippen LogP) is 3.00. The SMILES string of the molecule is CC(=O)NC1=NN(C(C)=O)[C@@]2(S1)C(=O)N(CCC(C)C)c1ccc(Br)cc12. The van der Waals surface area contributed by atoms with Gasteiger partial charge >= 0.3 is 0 Å². The molecule has 7 nitrogen and oxygen atoms in total. The zero-order chi connectivity index (χ0) is 19.9. The lowest BCUT2D eigenvalue weighted by atomic mass is 10.1. The zero-order valence-electron chi connectivity index (χ0n) is 15.6. The molecule has 0 radical (unpaired) electrons. The number of amides is 3. The van der Waals surface area contributed by atoms with Gasteiger partial charge < -0.3 is 10.2 Å². The summed E-state index contributed by atoms with van der Waals surface area (Å²) in [5, 5.41) is 8.27. The first-order valence-corrected chi connectivity index (χ1v) is 10.3. The van der Waals surface area contributed by atoms with Gasteiger partial charge in [-0.1, -0.05) is 29.8 Å². The molecule has 2 aliphatic rings. The van der Waals surface area contributed by atoms with Crippen LogP contribution >= 0.6 is 27.7 Å². The quantitative estimate of drug-likeness (QED) is 0.763. The molecule has 0 fully saturated rings. The number of halogens is 1. The van der Waals surface area contributed by atoms with Crippen molar-refractivity contribution in [2.24, 2.45) is 11.0 Å². The molecule has 1 aromatic carbocycles. The number of rotatable bonds is 3. The number of thioether (sulfide) groups is 1. The van der Waals surface area contributed by atoms with Gasteiger partial charge in [0.25, 0.3) is 5.91 Å². The smallest absolute Gasteiger partial charge is 0.270 e. The standard InChI is InChI=1S/C18H21BrN4O3S/c1-10(2)7-8-22-15-6-5-13(19)9-14(15)18(16(22)26)23(12(4)25)21-17(27-18)20-11(3)24/h5-6,9-10H,7-8H2,1-4H3,(H,20,21,24)/t18-/m0/s1. The van der Waals surface area contributed by atoms with Crippen molar-refractivity contribution in [3.05, 3.63) is 28.2 Å². The van der Waals surface area contributed by atoms with E-state index in [1.165, 1.54) is 18.9 Å². The van der Waals surface area contributed by atoms with Crippen molar-refractivity contribution in [3.63, 3.8) is 0 Å². The highest BCUT2D eigenvalue weighted by Gasteiger charge is 2.61. The molecule has 3 amide bonds. The molecular weight excluding hydrogens is 432 g/mol. The summed E-state index contributed by atoms with van der Waals surface area (Å²) in [4.78, 5) is 37.8. The van der Waals surface area contributed by atoms with E-state index in [4.69, 9.17) is 0 Å². The molecular formula is C18H21BrN4O3S. The number of hydrogen-bond donors (Lipinski definition) is 1. The molecule has 0 aromatic heterocycles. The normalized spacial score (nSPS) is 21.1. The number of hydrogen-bond acceptors (Lipinski definition) is 5. The van der Waals surface area contributed by atoms with E-state index in [2.05, 4.69) is 40.2 Å². The lowest BCUT2D eigenvalue weighted by molar-refractivity contribution is -0.139. The Kier molecular flexibility index (Phi) is 5.36. The second kappa shape index (κ2) is 7.27. The molecule has 2 heterocycles. The number of hydrazone groups is 1. The molecule has 0 saturated carbocycles. The molecule has 1 N–H and O–H groups in total. The molecule has 2 aliphatic heterocycles. The van der Waals surface area contributed by atoms with Crippen LogP contribution in [0.1, 0.15) is 39.7 Å². The van der Waals surface area contributed by atoms with Crippen molar-refractivity contribution in [3.8, 4) is 0 Å². The van der Waals surface area contributed by atoms with E-state index in [9.17, 15) is 14.4 Å². The Morgan fingerprint density at radius 3 is 2.63 bits per heavy atom. The molecule has 144 valence electrons. The average molecular weight is 453 g/mol. The minimum Gasteiger partial charge on any atom is -0.309 e. The monoisotopic (exact) mass is 452 g/mol. The summed E-state index contributed by atoms with van der Waals surface area (Å²) in [6, 6.07) is 5.60. The van der Waals surface area contributed by atoms with Crippen molar-refractivity contribution >= 4 is 56.3 Å². The largest absolute Gasteiger partial charge is 0.309 e. The van der Waals surface area contributed by atoms with Crippen molar-refractivity contribution in [2.75, 3.05) is 11.4 Å². The van der Waals surface area contributed by atoms with Gasteiger partial charge in [0.15, 0.2) is 5.17 Å². The number of carbonyl (C=O) groups is 3. The molecule has 1 spiro atoms. The van der Waals surface area contributed by atoms with Crippen LogP contribution in [0.2, 0.25) is 0 Å². The molecule has 0 bridgehead atoms. The summed E-state index contributed by atoms with van der Waals surface area (Å²) < 4.78 is 0.802. The van der Waals surface area contributed by atoms with Crippen molar-refractivity contribution < 1.29 is 14.4 Å². The van der Waals surface area contributed by atoms with Crippen LogP contribution in [-0.2, 0) is 19.3 Å². The van der Waals surface area contributed by atoms with Gasteiger partial charge in [-0.25, -0.2) is 0 Å². The van der Waals surface area contributed by atoms with Crippen LogP contribution in [0.15, 0.2) is 27.8 Å². The number of anilines is 1. The fourth-order valence-electron chi connectivity index (χ4n) is 3.19. The first-order chi connectivity index (χ1) is 12.7. The lowest BCUT2D eigenvalue weighted by Gasteiger charge is -2.29. The van der Waals surface area contributed by atoms with Gasteiger partial charge in [0.2, 0.25) is 16.7 Å². The minimum absolute atomic E-state index is 0.222. The number of nitrogens with one attached hydrogen (secondary N) is 1. The topological polar surface area (TPSA) is 82.1 Å². The predicted molar refractivity (Wildman–Crippen MR) is 109 cm³/mol. The fourth-order valence-corrected chi connectivity index (χ4v) is 4.88. The fraction of sp³-hybridized carbons (Fsp3) is 0.444. The van der Waals surface area contributed by atoms with Crippen molar-refractivity contribution in [1.82, 2.24) is 10.3 Å². The van der Waals surface area contributed by atoms with E-state index in [0.717, 1.165) is 28.3 Å². The van der Waals surface area contributed by atoms with Crippen LogP contribution in [0.3, 0.4) is 0 Å². The molecule has 1 aromatic rings. The van der Waals surface area contributed by atoms with Gasteiger partial charge in [0, 0.05) is 30.4 Å². The summed E-state index contributed by atoms with van der Waals surface area (Å²) in [7, 11) is 0. The Bertz CT molecular complexity index is 857. The molecule has 3 rings (SSSR count). The molecule has 0 aliphatic carbocycles. The maximum Gasteiger partial charge on any atom is 0.270 e. The highest BCUT2D eigenvalue weighted by Crippen LogP contribution is 2.55. The van der Waals surface area contributed by atoms with E-state index >= 15 is 0 Å². The van der Waals surface area contributed by atoms with Crippen molar-refractivity contribution in [2.45, 2.75) is 39.0 Å². The first-order valence-electron chi connectivity index (χ1n) is 8.64. The van der Waals surface area contributed by atoms with E-state index in [0.29, 0.717) is 18.0 Å². The maximum atomic E-state index is 13.6. The Morgan fingerprint density at radius 2 is 2.04 bits per heavy atom. The Hall–Kier alpha value is -1.87. The van der Waals surface area contributed by atoms with E-state index in [1.807, 2.05) is 18.2 Å². The number of fused-ring (bicyclic) bond motifs is 2. The van der Waals surface area contributed by atoms with E-state index < -0.39 is 4.87 Å². The number of amidine groups is 1. The number of benzene rings is 1. The molecule has 1 atom stereocenters. The van der Waals surface area contributed by atoms with E-state index in [-0.39, 0.29) is 22.9 Å². The highest BCUT2D eigenvalue weighted by molar-refractivity contribution is 9.10. The van der Waals surface area contributed by atoms with Crippen LogP contribution in [0.25, 0.3) is 0 Å². The Morgan fingerprint density at radius 1 is 1.33 bits per heavy atom. The van der Waals surface area contributed by atoms with Crippen LogP contribution in [0.4, 0.5) is 5.69 Å². The second-order valence-corrected chi connectivity index (χ2v) is 9.06. The van der Waals surface area contributed by atoms with Gasteiger partial charge in [0.1, 0.15) is 0 Å².